The number of anilines is 2. The Hall–Kier alpha value is -6.72. The number of benzene rings is 4. The van der Waals surface area contributed by atoms with Gasteiger partial charge in [-0.15, -0.1) is 11.3 Å². The number of aliphatic hydroxyl groups is 1. The number of thiazole rings is 1. The third-order valence-electron chi connectivity index (χ3n) is 12.3. The van der Waals surface area contributed by atoms with Crippen LogP contribution >= 0.6 is 23.6 Å². The van der Waals surface area contributed by atoms with E-state index in [0.29, 0.717) is 11.4 Å². The Labute approximate surface area is 419 Å². The number of halogens is 3. The smallest absolute Gasteiger partial charge is 0.417 e. The molecule has 0 unspecified atom stereocenters. The lowest BCUT2D eigenvalue weighted by atomic mass is 9.85. The zero-order valence-corrected chi connectivity index (χ0v) is 41.6. The van der Waals surface area contributed by atoms with E-state index < -0.39 is 70.1 Å². The van der Waals surface area contributed by atoms with E-state index in [1.165, 1.54) is 11.0 Å². The van der Waals surface area contributed by atoms with Gasteiger partial charge in [-0.1, -0.05) is 69.3 Å². The molecule has 0 spiro atoms. The number of amides is 4. The first-order chi connectivity index (χ1) is 33.6. The van der Waals surface area contributed by atoms with Crippen LogP contribution in [0.4, 0.5) is 24.5 Å². The van der Waals surface area contributed by atoms with Gasteiger partial charge in [-0.2, -0.15) is 18.4 Å². The molecule has 372 valence electrons. The van der Waals surface area contributed by atoms with Crippen LogP contribution in [0.25, 0.3) is 21.6 Å². The summed E-state index contributed by atoms with van der Waals surface area (Å²) in [7, 11) is 0. The molecular weight excluding hydrogens is 956 g/mol. The molecule has 2 fully saturated rings. The van der Waals surface area contributed by atoms with Crippen molar-refractivity contribution in [2.45, 2.75) is 90.8 Å². The normalized spacial score (nSPS) is 17.3. The number of alkyl halides is 3. The van der Waals surface area contributed by atoms with Crippen molar-refractivity contribution in [2.75, 3.05) is 36.2 Å². The second kappa shape index (κ2) is 21.3. The first kappa shape index (κ1) is 52.1. The zero-order chi connectivity index (χ0) is 51.4. The van der Waals surface area contributed by atoms with Gasteiger partial charge in [-0.25, -0.2) is 4.98 Å². The minimum Gasteiger partial charge on any atom is -0.491 e. The van der Waals surface area contributed by atoms with Crippen LogP contribution in [0.3, 0.4) is 0 Å². The van der Waals surface area contributed by atoms with Crippen LogP contribution in [0.2, 0.25) is 0 Å². The average Bonchev–Trinajstić information content (AvgIpc) is 4.00. The number of nitrogens with zero attached hydrogens (tertiary/aromatic N) is 5. The number of carbonyl (C=O) groups excluding carboxylic acids is 4. The highest BCUT2D eigenvalue weighted by Gasteiger charge is 2.51. The van der Waals surface area contributed by atoms with Gasteiger partial charge in [-0.3, -0.25) is 24.1 Å². The maximum atomic E-state index is 14.0. The number of hydrogen-bond donors (Lipinski definition) is 3. The molecule has 1 aromatic heterocycles. The first-order valence-corrected chi connectivity index (χ1v) is 24.1. The number of aliphatic hydroxyl groups excluding tert-OH is 1. The summed E-state index contributed by atoms with van der Waals surface area (Å²) >= 11 is 7.22. The number of likely N-dealkylation sites (tertiary alicyclic amines) is 1. The molecular formula is C52H54F3N7O7S2. The fraction of sp³-hybridized carbons (Fsp3) is 0.365. The summed E-state index contributed by atoms with van der Waals surface area (Å²) in [5, 5.41) is 25.6. The monoisotopic (exact) mass is 1010 g/mol. The molecule has 2 saturated heterocycles. The largest absolute Gasteiger partial charge is 0.491 e. The molecule has 5 aromatic rings. The predicted octanol–water partition coefficient (Wildman–Crippen LogP) is 8.19. The van der Waals surface area contributed by atoms with Crippen LogP contribution in [0, 0.1) is 23.7 Å². The summed E-state index contributed by atoms with van der Waals surface area (Å²) in [6, 6.07) is 25.1. The third kappa shape index (κ3) is 11.7. The van der Waals surface area contributed by atoms with Crippen molar-refractivity contribution < 1.29 is 46.9 Å². The fourth-order valence-electron chi connectivity index (χ4n) is 8.50. The Kier molecular flexibility index (Phi) is 15.7. The Morgan fingerprint density at radius 3 is 2.18 bits per heavy atom. The van der Waals surface area contributed by atoms with Crippen LogP contribution in [0.1, 0.15) is 69.8 Å². The number of nitrogens with one attached hydrogen (secondary N) is 2. The highest BCUT2D eigenvalue weighted by molar-refractivity contribution is 7.81. The summed E-state index contributed by atoms with van der Waals surface area (Å²) in [6.07, 6.45) is -5.66. The van der Waals surface area contributed by atoms with Gasteiger partial charge in [-0.05, 0) is 103 Å². The molecule has 4 amide bonds. The SMILES string of the molecule is Cc1ncsc1-c1ccc(CNC(=O)[C@@H]2C[C@@H](O)CN2C(=O)[C@@H](NC(=O)CCOCCOc2ccc(-c3ccc(N4C(=S)N(c5ccc(C#N)c(C(F)(F)F)c5)C(=O)C4(C)C)cc3)cc2)C(C)(C)C)cc1. The number of aromatic nitrogens is 1. The molecule has 0 bridgehead atoms. The van der Waals surface area contributed by atoms with E-state index >= 15 is 0 Å². The van der Waals surface area contributed by atoms with E-state index in [2.05, 4.69) is 15.6 Å². The Balaban J connectivity index is 0.860. The summed E-state index contributed by atoms with van der Waals surface area (Å²) in [5.41, 5.74) is 3.14. The predicted molar refractivity (Wildman–Crippen MR) is 267 cm³/mol. The molecule has 7 rings (SSSR count). The molecule has 3 atom stereocenters. The number of aryl methyl sites for hydroxylation is 1. The maximum Gasteiger partial charge on any atom is 0.417 e. The summed E-state index contributed by atoms with van der Waals surface area (Å²) in [4.78, 5) is 63.6. The molecule has 2 aliphatic heterocycles. The van der Waals surface area contributed by atoms with E-state index in [4.69, 9.17) is 21.7 Å². The molecule has 3 heterocycles. The van der Waals surface area contributed by atoms with Crippen LogP contribution < -0.4 is 25.2 Å². The highest BCUT2D eigenvalue weighted by atomic mass is 32.1. The van der Waals surface area contributed by atoms with Gasteiger partial charge in [0.25, 0.3) is 5.91 Å². The number of β-amino-alcohol motifs (C(OH)–C–C–N with tert-alkyl or cyclic N) is 1. The van der Waals surface area contributed by atoms with Crippen molar-refractivity contribution in [2.24, 2.45) is 5.41 Å². The molecule has 14 nitrogen and oxygen atoms in total. The molecule has 3 N–H and O–H groups in total. The molecule has 2 aliphatic rings. The van der Waals surface area contributed by atoms with Crippen molar-refractivity contribution >= 4 is 63.7 Å². The molecule has 0 aliphatic carbocycles. The Morgan fingerprint density at radius 1 is 0.944 bits per heavy atom. The van der Waals surface area contributed by atoms with E-state index in [9.17, 15) is 42.7 Å². The van der Waals surface area contributed by atoms with Crippen molar-refractivity contribution in [3.8, 4) is 33.4 Å². The standard InChI is InChI=1S/C52H54F3N7O7S2/c1-31-44(71-30-58-31)35-9-7-32(8-10-35)28-57-46(65)42-26-39(63)29-60(42)47(66)45(50(2,3)4)59-43(64)21-22-68-23-24-69-40-19-14-34(15-20-40)33-11-16-37(17-12-33)62-49(70)61(48(67)51(62,5)6)38-18-13-36(27-56)41(25-38)52(53,54)55/h7-20,25,30,39,42,45,63H,21-24,26,28-29H2,1-6H3,(H,57,65)(H,59,64)/t39-,42+,45-/m1/s1. The second-order valence-electron chi connectivity index (χ2n) is 18.9. The van der Waals surface area contributed by atoms with Crippen LogP contribution in [-0.2, 0) is 36.6 Å². The van der Waals surface area contributed by atoms with Crippen LogP contribution in [-0.4, -0.2) is 93.8 Å². The van der Waals surface area contributed by atoms with E-state index in [1.807, 2.05) is 76.2 Å². The number of carbonyl (C=O) groups is 4. The number of nitriles is 1. The van der Waals surface area contributed by atoms with E-state index in [1.54, 1.807) is 65.9 Å². The Morgan fingerprint density at radius 2 is 1.58 bits per heavy atom. The van der Waals surface area contributed by atoms with E-state index in [0.717, 1.165) is 49.9 Å². The highest BCUT2D eigenvalue weighted by Crippen LogP contribution is 2.40. The fourth-order valence-corrected chi connectivity index (χ4v) is 9.84. The minimum absolute atomic E-state index is 0.00461. The zero-order valence-electron chi connectivity index (χ0n) is 40.0. The Bertz CT molecular complexity index is 2820. The topological polar surface area (TPSA) is 177 Å². The lowest BCUT2D eigenvalue weighted by Crippen LogP contribution is -2.57. The molecule has 0 saturated carbocycles. The van der Waals surface area contributed by atoms with Crippen molar-refractivity contribution in [1.29, 1.82) is 5.26 Å². The lowest BCUT2D eigenvalue weighted by molar-refractivity contribution is -0.144. The summed E-state index contributed by atoms with van der Waals surface area (Å²) in [5.74, 6) is -1.20. The van der Waals surface area contributed by atoms with Gasteiger partial charge in [0.15, 0.2) is 5.11 Å². The maximum absolute atomic E-state index is 14.0. The quantitative estimate of drug-likeness (QED) is 0.0642. The second-order valence-corrected chi connectivity index (χ2v) is 20.1. The number of hydrogen-bond acceptors (Lipinski definition) is 11. The van der Waals surface area contributed by atoms with Gasteiger partial charge >= 0.3 is 6.18 Å². The lowest BCUT2D eigenvalue weighted by Gasteiger charge is -2.35. The number of rotatable bonds is 16. The number of ether oxygens (including phenoxy) is 2. The van der Waals surface area contributed by atoms with Crippen LogP contribution in [0.15, 0.2) is 96.5 Å². The van der Waals surface area contributed by atoms with Crippen molar-refractivity contribution in [3.05, 3.63) is 119 Å². The first-order valence-electron chi connectivity index (χ1n) is 22.8. The van der Waals surface area contributed by atoms with Crippen molar-refractivity contribution in [1.82, 2.24) is 20.5 Å². The van der Waals surface area contributed by atoms with Gasteiger partial charge in [0.1, 0.15) is 30.0 Å². The molecule has 0 radical (unpaired) electrons. The van der Waals surface area contributed by atoms with Gasteiger partial charge in [0.05, 0.1) is 58.3 Å². The average molecular weight is 1010 g/mol. The van der Waals surface area contributed by atoms with Gasteiger partial charge in [0.2, 0.25) is 17.7 Å². The third-order valence-corrected chi connectivity index (χ3v) is 13.7. The van der Waals surface area contributed by atoms with Crippen molar-refractivity contribution in [3.63, 3.8) is 0 Å². The van der Waals surface area contributed by atoms with Crippen LogP contribution in [0.5, 0.6) is 5.75 Å². The molecule has 71 heavy (non-hydrogen) atoms. The molecule has 4 aromatic carbocycles. The summed E-state index contributed by atoms with van der Waals surface area (Å²) < 4.78 is 52.8. The van der Waals surface area contributed by atoms with E-state index in [-0.39, 0.29) is 56.6 Å². The minimum atomic E-state index is -4.81. The molecule has 19 heteroatoms. The number of thiocarbonyl (C=S) groups is 1. The van der Waals surface area contributed by atoms with Gasteiger partial charge < -0.3 is 35.0 Å². The summed E-state index contributed by atoms with van der Waals surface area (Å²) in [6.45, 7) is 11.3. The van der Waals surface area contributed by atoms with Gasteiger partial charge in [0, 0.05) is 31.6 Å².